The van der Waals surface area contributed by atoms with E-state index in [2.05, 4.69) is 27.8 Å². The number of nitrogens with one attached hydrogen (secondary N) is 3. The third kappa shape index (κ3) is 7.51. The molecule has 0 radical (unpaired) electrons. The van der Waals surface area contributed by atoms with Crippen LogP contribution in [0, 0.1) is 5.82 Å². The first-order valence-electron chi connectivity index (χ1n) is 10.8. The Morgan fingerprint density at radius 1 is 0.971 bits per heavy atom. The van der Waals surface area contributed by atoms with Gasteiger partial charge in [-0.3, -0.25) is 4.79 Å². The summed E-state index contributed by atoms with van der Waals surface area (Å²) >= 11 is 0.979. The van der Waals surface area contributed by atoms with E-state index in [4.69, 9.17) is 0 Å². The second kappa shape index (κ2) is 13.6. The number of H-pyrrole nitrogens is 1. The van der Waals surface area contributed by atoms with Crippen LogP contribution in [-0.4, -0.2) is 28.3 Å². The lowest BCUT2D eigenvalue weighted by molar-refractivity contribution is 0.176. The fourth-order valence-electron chi connectivity index (χ4n) is 3.76. The summed E-state index contributed by atoms with van der Waals surface area (Å²) in [6.45, 7) is 2.12. The molecule has 10 heteroatoms. The quantitative estimate of drug-likeness (QED) is 0.192. The molecule has 0 aliphatic carbocycles. The van der Waals surface area contributed by atoms with Crippen molar-refractivity contribution in [1.29, 1.82) is 0 Å². The molecule has 4 aromatic rings. The zero-order chi connectivity index (χ0) is 23.2. The number of fused-ring (bicyclic) bond motifs is 1. The van der Waals surface area contributed by atoms with Gasteiger partial charge in [-0.05, 0) is 36.2 Å². The van der Waals surface area contributed by atoms with Crippen LogP contribution in [0.2, 0.25) is 0 Å². The first-order chi connectivity index (χ1) is 16.0. The fourth-order valence-corrected chi connectivity index (χ4v) is 4.68. The minimum absolute atomic E-state index is 0. The Balaban J connectivity index is 0.00000216. The molecular weight excluding hydrogens is 512 g/mol. The number of aromatic nitrogens is 1. The number of hydrogen-bond donors (Lipinski definition) is 5. The Bertz CT molecular complexity index is 1300. The Morgan fingerprint density at radius 2 is 1.74 bits per heavy atom. The predicted octanol–water partition coefficient (Wildman–Crippen LogP) is 4.43. The third-order valence-electron chi connectivity index (χ3n) is 5.47. The van der Waals surface area contributed by atoms with Gasteiger partial charge in [0.15, 0.2) is 0 Å². The Labute approximate surface area is 219 Å². The zero-order valence-corrected chi connectivity index (χ0v) is 21.2. The second-order valence-corrected chi connectivity index (χ2v) is 8.86. The minimum atomic E-state index is -0.798. The molecule has 6 nitrogen and oxygen atoms in total. The standard InChI is InChI=1S/C25H26FN3O3S.2ClH/c26-20-7-2-1-6-18(20)14-28-13-17-5-3-4-16(12-17)10-11-27-15-22(31)19-8-9-21(30)23-24(19)33-25(32)29-23;;/h1-9,12,22,27-28,30-31H,10-11,13-15H2,(H,29,32);2*1H. The van der Waals surface area contributed by atoms with Gasteiger partial charge in [0.05, 0.1) is 10.8 Å². The largest absolute Gasteiger partial charge is 0.506 e. The maximum atomic E-state index is 13.7. The Morgan fingerprint density at radius 3 is 2.54 bits per heavy atom. The zero-order valence-electron chi connectivity index (χ0n) is 18.8. The third-order valence-corrected chi connectivity index (χ3v) is 6.40. The molecule has 1 aromatic heterocycles. The van der Waals surface area contributed by atoms with E-state index < -0.39 is 6.10 Å². The average Bonchev–Trinajstić information content (AvgIpc) is 3.21. The molecule has 3 aromatic carbocycles. The molecule has 0 spiro atoms. The fraction of sp³-hybridized carbons (Fsp3) is 0.240. The van der Waals surface area contributed by atoms with Gasteiger partial charge in [-0.1, -0.05) is 59.9 Å². The van der Waals surface area contributed by atoms with Crippen molar-refractivity contribution in [2.45, 2.75) is 25.6 Å². The predicted molar refractivity (Wildman–Crippen MR) is 144 cm³/mol. The van der Waals surface area contributed by atoms with Gasteiger partial charge in [0.25, 0.3) is 0 Å². The van der Waals surface area contributed by atoms with Gasteiger partial charge in [-0.15, -0.1) is 24.8 Å². The molecule has 0 aliphatic heterocycles. The number of hydrogen-bond acceptors (Lipinski definition) is 6. The summed E-state index contributed by atoms with van der Waals surface area (Å²) in [6, 6.07) is 18.1. The van der Waals surface area contributed by atoms with Crippen molar-refractivity contribution < 1.29 is 14.6 Å². The van der Waals surface area contributed by atoms with E-state index >= 15 is 0 Å². The van der Waals surface area contributed by atoms with Crippen LogP contribution < -0.4 is 15.5 Å². The van der Waals surface area contributed by atoms with Crippen molar-refractivity contribution in [1.82, 2.24) is 15.6 Å². The number of rotatable bonds is 10. The molecule has 4 rings (SSSR count). The van der Waals surface area contributed by atoms with Crippen LogP contribution in [0.5, 0.6) is 5.75 Å². The van der Waals surface area contributed by atoms with E-state index in [1.54, 1.807) is 18.2 Å². The Hall–Kier alpha value is -2.46. The lowest BCUT2D eigenvalue weighted by Crippen LogP contribution is -2.24. The number of phenolic OH excluding ortho intramolecular Hbond substituents is 1. The average molecular weight is 540 g/mol. The summed E-state index contributed by atoms with van der Waals surface area (Å²) in [6.07, 6.45) is -0.00967. The van der Waals surface area contributed by atoms with Crippen LogP contribution in [0.4, 0.5) is 4.39 Å². The van der Waals surface area contributed by atoms with Crippen molar-refractivity contribution in [3.05, 3.63) is 98.4 Å². The van der Waals surface area contributed by atoms with E-state index in [1.807, 2.05) is 18.2 Å². The number of aromatic hydroxyl groups is 1. The number of phenols is 1. The number of aliphatic hydroxyl groups excluding tert-OH is 1. The monoisotopic (exact) mass is 539 g/mol. The lowest BCUT2D eigenvalue weighted by Gasteiger charge is -2.14. The normalized spacial score (nSPS) is 11.6. The summed E-state index contributed by atoms with van der Waals surface area (Å²) < 4.78 is 14.3. The van der Waals surface area contributed by atoms with E-state index in [1.165, 1.54) is 12.1 Å². The molecule has 0 saturated heterocycles. The van der Waals surface area contributed by atoms with E-state index in [9.17, 15) is 19.4 Å². The first kappa shape index (κ1) is 28.8. The number of aliphatic hydroxyl groups is 1. The van der Waals surface area contributed by atoms with Crippen LogP contribution in [-0.2, 0) is 19.5 Å². The molecule has 35 heavy (non-hydrogen) atoms. The highest BCUT2D eigenvalue weighted by atomic mass is 35.5. The minimum Gasteiger partial charge on any atom is -0.506 e. The van der Waals surface area contributed by atoms with Crippen LogP contribution >= 0.6 is 36.2 Å². The summed E-state index contributed by atoms with van der Waals surface area (Å²) in [5, 5.41) is 27.0. The van der Waals surface area contributed by atoms with Crippen LogP contribution in [0.15, 0.2) is 65.5 Å². The van der Waals surface area contributed by atoms with Crippen LogP contribution in [0.3, 0.4) is 0 Å². The summed E-state index contributed by atoms with van der Waals surface area (Å²) in [4.78, 5) is 14.0. The summed E-state index contributed by atoms with van der Waals surface area (Å²) in [5.41, 5.74) is 3.91. The second-order valence-electron chi connectivity index (χ2n) is 7.88. The molecule has 1 unspecified atom stereocenters. The summed E-state index contributed by atoms with van der Waals surface area (Å²) in [7, 11) is 0. The molecule has 0 saturated carbocycles. The van der Waals surface area contributed by atoms with Gasteiger partial charge in [0.1, 0.15) is 17.1 Å². The molecule has 0 bridgehead atoms. The van der Waals surface area contributed by atoms with Gasteiger partial charge in [0, 0.05) is 30.8 Å². The topological polar surface area (TPSA) is 97.4 Å². The number of benzene rings is 3. The first-order valence-corrected chi connectivity index (χ1v) is 11.6. The summed E-state index contributed by atoms with van der Waals surface area (Å²) in [5.74, 6) is -0.207. The molecule has 0 fully saturated rings. The van der Waals surface area contributed by atoms with E-state index in [-0.39, 0.29) is 41.3 Å². The van der Waals surface area contributed by atoms with Crippen molar-refractivity contribution in [3.8, 4) is 5.75 Å². The van der Waals surface area contributed by atoms with Gasteiger partial charge in [-0.25, -0.2) is 4.39 Å². The van der Waals surface area contributed by atoms with Gasteiger partial charge in [-0.2, -0.15) is 0 Å². The number of halogens is 3. The molecule has 1 heterocycles. The van der Waals surface area contributed by atoms with Crippen LogP contribution in [0.25, 0.3) is 10.2 Å². The smallest absolute Gasteiger partial charge is 0.305 e. The highest BCUT2D eigenvalue weighted by Gasteiger charge is 2.15. The van der Waals surface area contributed by atoms with Gasteiger partial charge < -0.3 is 25.8 Å². The van der Waals surface area contributed by atoms with E-state index in [0.717, 1.165) is 28.9 Å². The molecule has 0 aliphatic rings. The molecule has 188 valence electrons. The van der Waals surface area contributed by atoms with Crippen molar-refractivity contribution in [2.24, 2.45) is 0 Å². The highest BCUT2D eigenvalue weighted by Crippen LogP contribution is 2.31. The van der Waals surface area contributed by atoms with Crippen molar-refractivity contribution in [2.75, 3.05) is 13.1 Å². The maximum Gasteiger partial charge on any atom is 0.305 e. The number of thiazole rings is 1. The lowest BCUT2D eigenvalue weighted by atomic mass is 10.1. The molecule has 0 amide bonds. The highest BCUT2D eigenvalue weighted by molar-refractivity contribution is 7.16. The SMILES string of the molecule is Cl.Cl.O=c1[nH]c2c(O)ccc(C(O)CNCCc3cccc(CNCc4ccccc4F)c3)c2s1. The van der Waals surface area contributed by atoms with Crippen molar-refractivity contribution in [3.63, 3.8) is 0 Å². The van der Waals surface area contributed by atoms with Gasteiger partial charge >= 0.3 is 4.87 Å². The van der Waals surface area contributed by atoms with E-state index in [0.29, 0.717) is 47.5 Å². The van der Waals surface area contributed by atoms with Crippen LogP contribution in [0.1, 0.15) is 28.4 Å². The Kier molecular flexibility index (Phi) is 11.2. The maximum absolute atomic E-state index is 13.7. The van der Waals surface area contributed by atoms with Crippen molar-refractivity contribution >= 4 is 46.4 Å². The molecule has 5 N–H and O–H groups in total. The molecule has 1 atom stereocenters. The number of aromatic amines is 1. The molecular formula is C25H28Cl2FN3O3S. The van der Waals surface area contributed by atoms with Gasteiger partial charge in [0.2, 0.25) is 0 Å².